The maximum Gasteiger partial charge on any atom is 0.326 e. The van der Waals surface area contributed by atoms with E-state index in [-0.39, 0.29) is 10.6 Å². The van der Waals surface area contributed by atoms with Crippen molar-refractivity contribution < 1.29 is 19.6 Å². The van der Waals surface area contributed by atoms with Gasteiger partial charge in [-0.25, -0.2) is 4.79 Å². The number of rotatable bonds is 4. The number of carbonyl (C=O) groups excluding carboxylic acids is 1. The molecule has 0 heterocycles. The van der Waals surface area contributed by atoms with E-state index in [1.54, 1.807) is 0 Å². The molecule has 0 saturated carbocycles. The van der Waals surface area contributed by atoms with Crippen molar-refractivity contribution in [3.05, 3.63) is 38.9 Å². The quantitative estimate of drug-likeness (QED) is 0.672. The number of benzene rings is 1. The molecule has 0 fully saturated rings. The number of carboxylic acid groups (broad SMARTS) is 1. The highest BCUT2D eigenvalue weighted by Gasteiger charge is 2.27. The van der Waals surface area contributed by atoms with Gasteiger partial charge in [-0.3, -0.25) is 14.9 Å². The number of halogens is 1. The van der Waals surface area contributed by atoms with Crippen LogP contribution >= 0.6 is 11.6 Å². The van der Waals surface area contributed by atoms with E-state index in [9.17, 15) is 19.7 Å². The van der Waals surface area contributed by atoms with Crippen molar-refractivity contribution in [1.82, 2.24) is 4.90 Å². The minimum atomic E-state index is -1.18. The van der Waals surface area contributed by atoms with Gasteiger partial charge in [-0.2, -0.15) is 0 Å². The molecule has 0 aliphatic heterocycles. The summed E-state index contributed by atoms with van der Waals surface area (Å²) in [6.07, 6.45) is 0. The molecule has 1 aromatic rings. The van der Waals surface area contributed by atoms with Crippen LogP contribution in [-0.2, 0) is 4.79 Å². The summed E-state index contributed by atoms with van der Waals surface area (Å²) >= 11 is 5.79. The Morgan fingerprint density at radius 1 is 1.47 bits per heavy atom. The highest BCUT2D eigenvalue weighted by atomic mass is 35.5. The molecule has 0 saturated heterocycles. The third kappa shape index (κ3) is 3.00. The lowest BCUT2D eigenvalue weighted by atomic mass is 10.1. The van der Waals surface area contributed by atoms with E-state index < -0.39 is 28.5 Å². The number of nitrogens with zero attached hydrogens (tertiary/aromatic N) is 2. The molecule has 1 unspecified atom stereocenters. The van der Waals surface area contributed by atoms with Gasteiger partial charge in [-0.1, -0.05) is 17.7 Å². The molecule has 0 bridgehead atoms. The van der Waals surface area contributed by atoms with Gasteiger partial charge in [-0.05, 0) is 13.0 Å². The van der Waals surface area contributed by atoms with Gasteiger partial charge in [0.1, 0.15) is 11.1 Å². The summed E-state index contributed by atoms with van der Waals surface area (Å²) in [6, 6.07) is 2.72. The second-order valence-electron chi connectivity index (χ2n) is 3.83. The van der Waals surface area contributed by atoms with Crippen molar-refractivity contribution in [3.8, 4) is 0 Å². The fourth-order valence-electron chi connectivity index (χ4n) is 1.36. The Morgan fingerprint density at radius 3 is 2.53 bits per heavy atom. The summed E-state index contributed by atoms with van der Waals surface area (Å²) < 4.78 is 0. The zero-order chi connectivity index (χ0) is 14.7. The molecule has 0 aromatic heterocycles. The van der Waals surface area contributed by atoms with Gasteiger partial charge < -0.3 is 10.0 Å². The van der Waals surface area contributed by atoms with E-state index in [0.717, 1.165) is 4.90 Å². The van der Waals surface area contributed by atoms with E-state index in [0.29, 0.717) is 0 Å². The van der Waals surface area contributed by atoms with Gasteiger partial charge in [0, 0.05) is 13.1 Å². The molecular weight excluding hydrogens is 276 g/mol. The molecule has 0 spiro atoms. The van der Waals surface area contributed by atoms with Crippen LogP contribution in [0.4, 0.5) is 5.69 Å². The Morgan fingerprint density at radius 2 is 2.05 bits per heavy atom. The Hall–Kier alpha value is -2.15. The zero-order valence-electron chi connectivity index (χ0n) is 10.2. The number of nitro groups is 1. The van der Waals surface area contributed by atoms with Crippen molar-refractivity contribution in [2.45, 2.75) is 13.0 Å². The van der Waals surface area contributed by atoms with Crippen LogP contribution in [0.25, 0.3) is 0 Å². The van der Waals surface area contributed by atoms with Gasteiger partial charge in [-0.15, -0.1) is 0 Å². The maximum atomic E-state index is 12.0. The monoisotopic (exact) mass is 286 g/mol. The Kier molecular flexibility index (Phi) is 4.44. The number of nitro benzene ring substituents is 1. The van der Waals surface area contributed by atoms with Gasteiger partial charge in [0.15, 0.2) is 0 Å². The van der Waals surface area contributed by atoms with Crippen LogP contribution in [0.5, 0.6) is 0 Å². The zero-order valence-corrected chi connectivity index (χ0v) is 10.9. The fraction of sp³-hybridized carbons (Fsp3) is 0.273. The van der Waals surface area contributed by atoms with Crippen molar-refractivity contribution in [3.63, 3.8) is 0 Å². The highest BCUT2D eigenvalue weighted by molar-refractivity contribution is 6.35. The minimum Gasteiger partial charge on any atom is -0.480 e. The molecule has 1 rings (SSSR count). The average Bonchev–Trinajstić information content (AvgIpc) is 2.35. The van der Waals surface area contributed by atoms with Crippen LogP contribution in [0.15, 0.2) is 18.2 Å². The summed E-state index contributed by atoms with van der Waals surface area (Å²) in [7, 11) is 1.29. The Balaban J connectivity index is 3.17. The van der Waals surface area contributed by atoms with Crippen molar-refractivity contribution >= 4 is 29.2 Å². The summed E-state index contributed by atoms with van der Waals surface area (Å²) in [4.78, 5) is 33.8. The van der Waals surface area contributed by atoms with E-state index in [2.05, 4.69) is 0 Å². The highest BCUT2D eigenvalue weighted by Crippen LogP contribution is 2.28. The van der Waals surface area contributed by atoms with Gasteiger partial charge in [0.2, 0.25) is 0 Å². The normalized spacial score (nSPS) is 11.7. The molecule has 0 aliphatic rings. The first kappa shape index (κ1) is 14.9. The summed E-state index contributed by atoms with van der Waals surface area (Å²) in [5.74, 6) is -1.87. The largest absolute Gasteiger partial charge is 0.480 e. The van der Waals surface area contributed by atoms with Gasteiger partial charge >= 0.3 is 5.97 Å². The van der Waals surface area contributed by atoms with Crippen molar-refractivity contribution in [2.75, 3.05) is 7.05 Å². The third-order valence-electron chi connectivity index (χ3n) is 2.66. The maximum absolute atomic E-state index is 12.0. The molecule has 1 amide bonds. The smallest absolute Gasteiger partial charge is 0.326 e. The number of amides is 1. The topological polar surface area (TPSA) is 101 Å². The first-order valence-electron chi connectivity index (χ1n) is 5.20. The predicted octanol–water partition coefficient (Wildman–Crippen LogP) is 1.79. The van der Waals surface area contributed by atoms with E-state index in [1.165, 1.54) is 32.2 Å². The number of carbonyl (C=O) groups is 2. The summed E-state index contributed by atoms with van der Waals surface area (Å²) in [6.45, 7) is 1.32. The lowest BCUT2D eigenvalue weighted by Crippen LogP contribution is -2.40. The first-order chi connectivity index (χ1) is 8.77. The van der Waals surface area contributed by atoms with Crippen molar-refractivity contribution in [1.29, 1.82) is 0 Å². The van der Waals surface area contributed by atoms with E-state index in [1.807, 2.05) is 0 Å². The standard InChI is InChI=1S/C11H11ClN2O5/c1-6(11(16)17)13(2)10(15)7-4-3-5-8(9(7)12)14(18)19/h3-6H,1-2H3,(H,16,17). The van der Waals surface area contributed by atoms with Gasteiger partial charge in [0.05, 0.1) is 10.5 Å². The second-order valence-corrected chi connectivity index (χ2v) is 4.20. The van der Waals surface area contributed by atoms with Crippen LogP contribution in [0.2, 0.25) is 5.02 Å². The van der Waals surface area contributed by atoms with Crippen LogP contribution in [0.3, 0.4) is 0 Å². The van der Waals surface area contributed by atoms with Gasteiger partial charge in [0.25, 0.3) is 11.6 Å². The predicted molar refractivity (Wildman–Crippen MR) is 67.3 cm³/mol. The van der Waals surface area contributed by atoms with E-state index in [4.69, 9.17) is 16.7 Å². The molecule has 1 atom stereocenters. The van der Waals surface area contributed by atoms with Crippen LogP contribution < -0.4 is 0 Å². The lowest BCUT2D eigenvalue weighted by molar-refractivity contribution is -0.384. The molecule has 7 nitrogen and oxygen atoms in total. The number of hydrogen-bond acceptors (Lipinski definition) is 4. The first-order valence-corrected chi connectivity index (χ1v) is 5.58. The molecule has 1 aromatic carbocycles. The molecule has 1 N–H and O–H groups in total. The SMILES string of the molecule is CC(C(=O)O)N(C)C(=O)c1cccc([N+](=O)[O-])c1Cl. The van der Waals surface area contributed by atoms with E-state index >= 15 is 0 Å². The molecular formula is C11H11ClN2O5. The lowest BCUT2D eigenvalue weighted by Gasteiger charge is -2.21. The number of carboxylic acids is 1. The summed E-state index contributed by atoms with van der Waals surface area (Å²) in [5.41, 5.74) is -0.504. The second kappa shape index (κ2) is 5.66. The summed E-state index contributed by atoms with van der Waals surface area (Å²) in [5, 5.41) is 19.2. The van der Waals surface area contributed by atoms with Crippen molar-refractivity contribution in [2.24, 2.45) is 0 Å². The average molecular weight is 287 g/mol. The molecule has 102 valence electrons. The van der Waals surface area contributed by atoms with Crippen LogP contribution in [0.1, 0.15) is 17.3 Å². The molecule has 0 aliphatic carbocycles. The molecule has 0 radical (unpaired) electrons. The number of likely N-dealkylation sites (N-methyl/N-ethyl adjacent to an activating group) is 1. The minimum absolute atomic E-state index is 0.105. The third-order valence-corrected chi connectivity index (χ3v) is 3.06. The van der Waals surface area contributed by atoms with Crippen LogP contribution in [0, 0.1) is 10.1 Å². The number of aliphatic carboxylic acids is 1. The Labute approximate surface area is 113 Å². The number of hydrogen-bond donors (Lipinski definition) is 1. The Bertz CT molecular complexity index is 546. The molecule has 8 heteroatoms. The molecule has 19 heavy (non-hydrogen) atoms. The fourth-order valence-corrected chi connectivity index (χ4v) is 1.63. The van der Waals surface area contributed by atoms with Crippen LogP contribution in [-0.4, -0.2) is 39.9 Å².